The summed E-state index contributed by atoms with van der Waals surface area (Å²) < 4.78 is 0. The summed E-state index contributed by atoms with van der Waals surface area (Å²) in [6.07, 6.45) is -0.213. The lowest BCUT2D eigenvalue weighted by atomic mass is 10.0. The molecule has 1 aromatic rings. The number of carboxylic acids is 1. The molecule has 0 saturated carbocycles. The first kappa shape index (κ1) is 13.3. The van der Waals surface area contributed by atoms with Crippen molar-refractivity contribution in [2.45, 2.75) is 27.2 Å². The Hall–Kier alpha value is -2.17. The molecule has 0 spiro atoms. The van der Waals surface area contributed by atoms with Gasteiger partial charge in [-0.25, -0.2) is 5.01 Å². The molecule has 1 aromatic carbocycles. The largest absolute Gasteiger partial charge is 0.481 e. The Morgan fingerprint density at radius 3 is 2.37 bits per heavy atom. The smallest absolute Gasteiger partial charge is 0.304 e. The summed E-state index contributed by atoms with van der Waals surface area (Å²) >= 11 is 0. The zero-order chi connectivity index (χ0) is 14.2. The van der Waals surface area contributed by atoms with Gasteiger partial charge in [-0.1, -0.05) is 6.07 Å². The predicted octanol–water partition coefficient (Wildman–Crippen LogP) is 2.12. The van der Waals surface area contributed by atoms with Crippen molar-refractivity contribution in [3.05, 3.63) is 29.3 Å². The Bertz CT molecular complexity index is 558. The molecule has 1 aliphatic heterocycles. The average molecular weight is 260 g/mol. The molecule has 0 bridgehead atoms. The van der Waals surface area contributed by atoms with Crippen LogP contribution in [0.2, 0.25) is 0 Å². The number of aliphatic carboxylic acids is 1. The second kappa shape index (κ2) is 4.84. The summed E-state index contributed by atoms with van der Waals surface area (Å²) in [5.41, 5.74) is 3.32. The van der Waals surface area contributed by atoms with E-state index in [-0.39, 0.29) is 12.3 Å². The number of benzene rings is 1. The highest BCUT2D eigenvalue weighted by molar-refractivity contribution is 6.16. The van der Waals surface area contributed by atoms with E-state index in [4.69, 9.17) is 5.11 Å². The van der Waals surface area contributed by atoms with Crippen molar-refractivity contribution in [2.75, 3.05) is 5.01 Å². The summed E-state index contributed by atoms with van der Waals surface area (Å²) in [5, 5.41) is 14.3. The number of hydrogen-bond acceptors (Lipinski definition) is 3. The van der Waals surface area contributed by atoms with Crippen LogP contribution in [0.15, 0.2) is 23.3 Å². The van der Waals surface area contributed by atoms with E-state index in [0.717, 1.165) is 11.1 Å². The number of nitrogens with zero attached hydrogens (tertiary/aromatic N) is 2. The van der Waals surface area contributed by atoms with E-state index in [0.29, 0.717) is 11.4 Å². The van der Waals surface area contributed by atoms with E-state index < -0.39 is 11.9 Å². The van der Waals surface area contributed by atoms with Crippen LogP contribution < -0.4 is 5.01 Å². The molecule has 1 atom stereocenters. The standard InChI is InChI=1S/C14H16N2O3/c1-8-4-9(2)6-11(5-8)16-14(19)12(7-13(17)18)10(3)15-16/h4-6,12H,7H2,1-3H3,(H,17,18). The number of anilines is 1. The van der Waals surface area contributed by atoms with Gasteiger partial charge in [0, 0.05) is 5.71 Å². The topological polar surface area (TPSA) is 70.0 Å². The van der Waals surface area contributed by atoms with Crippen LogP contribution in [0, 0.1) is 19.8 Å². The highest BCUT2D eigenvalue weighted by atomic mass is 16.4. The van der Waals surface area contributed by atoms with Gasteiger partial charge in [-0.05, 0) is 44.0 Å². The van der Waals surface area contributed by atoms with Gasteiger partial charge in [0.15, 0.2) is 0 Å². The van der Waals surface area contributed by atoms with Crippen molar-refractivity contribution in [3.8, 4) is 0 Å². The lowest BCUT2D eigenvalue weighted by Crippen LogP contribution is -2.28. The van der Waals surface area contributed by atoms with E-state index in [2.05, 4.69) is 5.10 Å². The van der Waals surface area contributed by atoms with Gasteiger partial charge in [-0.15, -0.1) is 0 Å². The minimum Gasteiger partial charge on any atom is -0.481 e. The number of hydrogen-bond donors (Lipinski definition) is 1. The summed E-state index contributed by atoms with van der Waals surface area (Å²) in [7, 11) is 0. The molecule has 5 heteroatoms. The average Bonchev–Trinajstić information content (AvgIpc) is 2.55. The maximum atomic E-state index is 12.2. The fourth-order valence-corrected chi connectivity index (χ4v) is 2.27. The number of rotatable bonds is 3. The zero-order valence-corrected chi connectivity index (χ0v) is 11.2. The third-order valence-electron chi connectivity index (χ3n) is 3.10. The number of carboxylic acid groups (broad SMARTS) is 1. The first-order valence-corrected chi connectivity index (χ1v) is 6.07. The molecule has 0 fully saturated rings. The highest BCUT2D eigenvalue weighted by Crippen LogP contribution is 2.27. The van der Waals surface area contributed by atoms with Crippen LogP contribution in [-0.2, 0) is 9.59 Å². The fourth-order valence-electron chi connectivity index (χ4n) is 2.27. The molecule has 1 aliphatic rings. The van der Waals surface area contributed by atoms with Gasteiger partial charge >= 0.3 is 5.97 Å². The third kappa shape index (κ3) is 2.65. The van der Waals surface area contributed by atoms with E-state index in [1.165, 1.54) is 5.01 Å². The van der Waals surface area contributed by atoms with Gasteiger partial charge in [-0.3, -0.25) is 9.59 Å². The second-order valence-electron chi connectivity index (χ2n) is 4.89. The Balaban J connectivity index is 2.32. The summed E-state index contributed by atoms with van der Waals surface area (Å²) in [5.74, 6) is -1.92. The monoisotopic (exact) mass is 260 g/mol. The number of carbonyl (C=O) groups excluding carboxylic acids is 1. The van der Waals surface area contributed by atoms with Gasteiger partial charge in [0.1, 0.15) is 0 Å². The molecule has 1 unspecified atom stereocenters. The number of aryl methyl sites for hydroxylation is 2. The normalized spacial score (nSPS) is 18.7. The molecule has 1 N–H and O–H groups in total. The molecular weight excluding hydrogens is 244 g/mol. The number of carbonyl (C=O) groups is 2. The molecule has 0 aliphatic carbocycles. The quantitative estimate of drug-likeness (QED) is 0.904. The van der Waals surface area contributed by atoms with Crippen molar-refractivity contribution >= 4 is 23.3 Å². The molecule has 100 valence electrons. The lowest BCUT2D eigenvalue weighted by Gasteiger charge is -2.15. The van der Waals surface area contributed by atoms with Crippen LogP contribution >= 0.6 is 0 Å². The zero-order valence-electron chi connectivity index (χ0n) is 11.2. The van der Waals surface area contributed by atoms with Crippen LogP contribution in [0.5, 0.6) is 0 Å². The Morgan fingerprint density at radius 2 is 1.84 bits per heavy atom. The molecule has 0 aromatic heterocycles. The molecule has 5 nitrogen and oxygen atoms in total. The Morgan fingerprint density at radius 1 is 1.26 bits per heavy atom. The summed E-state index contributed by atoms with van der Waals surface area (Å²) in [6, 6.07) is 5.74. The van der Waals surface area contributed by atoms with E-state index >= 15 is 0 Å². The van der Waals surface area contributed by atoms with E-state index in [1.54, 1.807) is 6.92 Å². The molecule has 1 heterocycles. The molecule has 2 rings (SSSR count). The lowest BCUT2D eigenvalue weighted by molar-refractivity contribution is -0.139. The van der Waals surface area contributed by atoms with E-state index in [1.807, 2.05) is 32.0 Å². The van der Waals surface area contributed by atoms with Crippen molar-refractivity contribution in [1.82, 2.24) is 0 Å². The minimum absolute atomic E-state index is 0.213. The highest BCUT2D eigenvalue weighted by Gasteiger charge is 2.35. The van der Waals surface area contributed by atoms with Gasteiger partial charge in [-0.2, -0.15) is 5.10 Å². The van der Waals surface area contributed by atoms with Crippen LogP contribution in [0.3, 0.4) is 0 Å². The summed E-state index contributed by atoms with van der Waals surface area (Å²) in [4.78, 5) is 23.0. The number of hydrazone groups is 1. The molecule has 1 amide bonds. The van der Waals surface area contributed by atoms with Crippen LogP contribution in [0.25, 0.3) is 0 Å². The third-order valence-corrected chi connectivity index (χ3v) is 3.10. The maximum Gasteiger partial charge on any atom is 0.304 e. The maximum absolute atomic E-state index is 12.2. The van der Waals surface area contributed by atoms with E-state index in [9.17, 15) is 9.59 Å². The first-order chi connectivity index (χ1) is 8.88. The van der Waals surface area contributed by atoms with Crippen LogP contribution in [-0.4, -0.2) is 22.7 Å². The predicted molar refractivity (Wildman–Crippen MR) is 72.3 cm³/mol. The molecular formula is C14H16N2O3. The number of amides is 1. The molecule has 0 radical (unpaired) electrons. The molecule has 0 saturated heterocycles. The van der Waals surface area contributed by atoms with Crippen molar-refractivity contribution < 1.29 is 14.7 Å². The SMILES string of the molecule is CC1=NN(c2cc(C)cc(C)c2)C(=O)C1CC(=O)O. The van der Waals surface area contributed by atoms with Crippen LogP contribution in [0.4, 0.5) is 5.69 Å². The molecule has 19 heavy (non-hydrogen) atoms. The van der Waals surface area contributed by atoms with Crippen LogP contribution in [0.1, 0.15) is 24.5 Å². The van der Waals surface area contributed by atoms with Gasteiger partial charge < -0.3 is 5.11 Å². The van der Waals surface area contributed by atoms with Gasteiger partial charge in [0.2, 0.25) is 0 Å². The minimum atomic E-state index is -0.991. The van der Waals surface area contributed by atoms with Gasteiger partial charge in [0.25, 0.3) is 5.91 Å². The van der Waals surface area contributed by atoms with Crippen molar-refractivity contribution in [3.63, 3.8) is 0 Å². The Kier molecular flexibility index (Phi) is 3.38. The van der Waals surface area contributed by atoms with Gasteiger partial charge in [0.05, 0.1) is 18.0 Å². The fraction of sp³-hybridized carbons (Fsp3) is 0.357. The van der Waals surface area contributed by atoms with Crippen molar-refractivity contribution in [1.29, 1.82) is 0 Å². The van der Waals surface area contributed by atoms with Crippen molar-refractivity contribution in [2.24, 2.45) is 11.0 Å². The Labute approximate surface area is 111 Å². The first-order valence-electron chi connectivity index (χ1n) is 6.07. The second-order valence-corrected chi connectivity index (χ2v) is 4.89. The summed E-state index contributed by atoms with van der Waals surface area (Å²) in [6.45, 7) is 5.58.